The predicted molar refractivity (Wildman–Crippen MR) is 70.7 cm³/mol. The first-order chi connectivity index (χ1) is 9.34. The van der Waals surface area contributed by atoms with Crippen molar-refractivity contribution in [3.05, 3.63) is 36.2 Å². The Morgan fingerprint density at radius 3 is 3.21 bits per heavy atom. The van der Waals surface area contributed by atoms with Gasteiger partial charge >= 0.3 is 0 Å². The van der Waals surface area contributed by atoms with Crippen LogP contribution in [0.5, 0.6) is 0 Å². The van der Waals surface area contributed by atoms with Crippen molar-refractivity contribution in [1.82, 2.24) is 24.6 Å². The Kier molecular flexibility index (Phi) is 3.61. The topological polar surface area (TPSA) is 56.9 Å². The van der Waals surface area contributed by atoms with Gasteiger partial charge in [-0.05, 0) is 6.07 Å². The van der Waals surface area contributed by atoms with E-state index < -0.39 is 0 Å². The average Bonchev–Trinajstić information content (AvgIpc) is 3.06. The van der Waals surface area contributed by atoms with Crippen molar-refractivity contribution in [1.29, 1.82) is 0 Å². The van der Waals surface area contributed by atoms with Crippen LogP contribution in [0.15, 0.2) is 24.8 Å². The van der Waals surface area contributed by atoms with Crippen molar-refractivity contribution in [3.8, 4) is 0 Å². The van der Waals surface area contributed by atoms with Gasteiger partial charge in [0.15, 0.2) is 0 Å². The molecule has 0 aliphatic carbocycles. The van der Waals surface area contributed by atoms with Crippen LogP contribution in [-0.2, 0) is 24.8 Å². The molecule has 6 nitrogen and oxygen atoms in total. The number of nitrogens with one attached hydrogen (secondary N) is 1. The Balaban J connectivity index is 1.68. The molecule has 2 aromatic rings. The number of hydrogen-bond donors (Lipinski definition) is 1. The molecular weight excluding hydrogens is 242 g/mol. The quantitative estimate of drug-likeness (QED) is 0.872. The molecule has 6 heteroatoms. The lowest BCUT2D eigenvalue weighted by Crippen LogP contribution is -2.34. The summed E-state index contributed by atoms with van der Waals surface area (Å²) < 4.78 is 9.87. The minimum Gasteiger partial charge on any atom is -0.369 e. The van der Waals surface area contributed by atoms with E-state index in [1.54, 1.807) is 0 Å². The average molecular weight is 261 g/mol. The maximum Gasteiger partial charge on any atom is 0.111 e. The number of imidazole rings is 1. The molecule has 2 aromatic heterocycles. The number of ether oxygens (including phenoxy) is 1. The summed E-state index contributed by atoms with van der Waals surface area (Å²) in [6.45, 7) is 3.45. The van der Waals surface area contributed by atoms with Gasteiger partial charge in [0.1, 0.15) is 6.10 Å². The van der Waals surface area contributed by atoms with Crippen molar-refractivity contribution in [2.45, 2.75) is 19.1 Å². The lowest BCUT2D eigenvalue weighted by atomic mass is 10.2. The van der Waals surface area contributed by atoms with Gasteiger partial charge in [-0.1, -0.05) is 0 Å². The Bertz CT molecular complexity index is 527. The van der Waals surface area contributed by atoms with Crippen LogP contribution in [0.1, 0.15) is 17.5 Å². The third kappa shape index (κ3) is 2.69. The first-order valence-corrected chi connectivity index (χ1v) is 6.64. The molecule has 1 aliphatic heterocycles. The van der Waals surface area contributed by atoms with Crippen LogP contribution in [0.3, 0.4) is 0 Å². The Morgan fingerprint density at radius 2 is 2.47 bits per heavy atom. The van der Waals surface area contributed by atoms with E-state index in [0.29, 0.717) is 0 Å². The minimum atomic E-state index is 0.114. The van der Waals surface area contributed by atoms with Crippen LogP contribution in [0.4, 0.5) is 0 Å². The van der Waals surface area contributed by atoms with E-state index in [9.17, 15) is 0 Å². The Labute approximate surface area is 112 Å². The smallest absolute Gasteiger partial charge is 0.111 e. The van der Waals surface area contributed by atoms with Gasteiger partial charge in [0.05, 0.1) is 24.8 Å². The predicted octanol–water partition coefficient (Wildman–Crippen LogP) is 0.520. The van der Waals surface area contributed by atoms with E-state index in [0.717, 1.165) is 38.4 Å². The van der Waals surface area contributed by atoms with Crippen LogP contribution in [0, 0.1) is 0 Å². The maximum atomic E-state index is 5.78. The SMILES string of the molecule is Cn1nccc1CCn1cncc1C1CNCCO1. The molecular formula is C13H19N5O. The fraction of sp³-hybridized carbons (Fsp3) is 0.538. The zero-order chi connectivity index (χ0) is 13.1. The second-order valence-electron chi connectivity index (χ2n) is 4.77. The van der Waals surface area contributed by atoms with Gasteiger partial charge in [0.25, 0.3) is 0 Å². The van der Waals surface area contributed by atoms with Crippen molar-refractivity contribution in [2.75, 3.05) is 19.7 Å². The molecule has 1 aliphatic rings. The highest BCUT2D eigenvalue weighted by Crippen LogP contribution is 2.18. The van der Waals surface area contributed by atoms with Gasteiger partial charge in [0, 0.05) is 45.0 Å². The van der Waals surface area contributed by atoms with Gasteiger partial charge in [0.2, 0.25) is 0 Å². The minimum absolute atomic E-state index is 0.114. The van der Waals surface area contributed by atoms with Crippen molar-refractivity contribution < 1.29 is 4.74 Å². The molecule has 1 saturated heterocycles. The third-order valence-electron chi connectivity index (χ3n) is 3.53. The fourth-order valence-electron chi connectivity index (χ4n) is 2.42. The number of hydrogen-bond acceptors (Lipinski definition) is 4. The van der Waals surface area contributed by atoms with E-state index in [2.05, 4.69) is 26.0 Å². The van der Waals surface area contributed by atoms with Crippen molar-refractivity contribution >= 4 is 0 Å². The normalized spacial score (nSPS) is 19.7. The number of aromatic nitrogens is 4. The monoisotopic (exact) mass is 261 g/mol. The summed E-state index contributed by atoms with van der Waals surface area (Å²) in [7, 11) is 1.97. The highest BCUT2D eigenvalue weighted by molar-refractivity contribution is 5.06. The molecule has 1 atom stereocenters. The molecule has 102 valence electrons. The van der Waals surface area contributed by atoms with E-state index in [1.807, 2.05) is 30.5 Å². The van der Waals surface area contributed by atoms with E-state index in [4.69, 9.17) is 4.74 Å². The molecule has 19 heavy (non-hydrogen) atoms. The third-order valence-corrected chi connectivity index (χ3v) is 3.53. The highest BCUT2D eigenvalue weighted by atomic mass is 16.5. The van der Waals surface area contributed by atoms with Crippen LogP contribution in [0.25, 0.3) is 0 Å². The Morgan fingerprint density at radius 1 is 1.53 bits per heavy atom. The lowest BCUT2D eigenvalue weighted by Gasteiger charge is -2.24. The standard InChI is InChI=1S/C13H19N5O/c1-17-11(2-4-16-17)3-6-18-10-15-8-12(18)13-9-14-5-7-19-13/h2,4,8,10,13-14H,3,5-7,9H2,1H3. The summed E-state index contributed by atoms with van der Waals surface area (Å²) in [5, 5.41) is 7.53. The van der Waals surface area contributed by atoms with Gasteiger partial charge in [-0.15, -0.1) is 0 Å². The summed E-state index contributed by atoms with van der Waals surface area (Å²) in [6, 6.07) is 2.05. The second-order valence-corrected chi connectivity index (χ2v) is 4.77. The number of aryl methyl sites for hydroxylation is 3. The zero-order valence-electron chi connectivity index (χ0n) is 11.1. The summed E-state index contributed by atoms with van der Waals surface area (Å²) in [5.41, 5.74) is 2.37. The number of nitrogens with zero attached hydrogens (tertiary/aromatic N) is 4. The molecule has 0 radical (unpaired) electrons. The number of rotatable bonds is 4. The molecule has 0 amide bonds. The Hall–Kier alpha value is -1.66. The molecule has 1 N–H and O–H groups in total. The summed E-state index contributed by atoms with van der Waals surface area (Å²) in [6.07, 6.45) is 6.67. The van der Waals surface area contributed by atoms with Crippen LogP contribution >= 0.6 is 0 Å². The van der Waals surface area contributed by atoms with Gasteiger partial charge < -0.3 is 14.6 Å². The van der Waals surface area contributed by atoms with Gasteiger partial charge in [-0.25, -0.2) is 4.98 Å². The van der Waals surface area contributed by atoms with Gasteiger partial charge in [-0.3, -0.25) is 4.68 Å². The van der Waals surface area contributed by atoms with Crippen LogP contribution < -0.4 is 5.32 Å². The highest BCUT2D eigenvalue weighted by Gasteiger charge is 2.19. The molecule has 3 rings (SSSR count). The lowest BCUT2D eigenvalue weighted by molar-refractivity contribution is 0.0228. The van der Waals surface area contributed by atoms with Crippen molar-refractivity contribution in [2.24, 2.45) is 7.05 Å². The van der Waals surface area contributed by atoms with E-state index >= 15 is 0 Å². The van der Waals surface area contributed by atoms with Crippen molar-refractivity contribution in [3.63, 3.8) is 0 Å². The molecule has 0 bridgehead atoms. The number of morpholine rings is 1. The largest absolute Gasteiger partial charge is 0.369 e. The fourth-order valence-corrected chi connectivity index (χ4v) is 2.42. The maximum absolute atomic E-state index is 5.78. The molecule has 0 aromatic carbocycles. The zero-order valence-corrected chi connectivity index (χ0v) is 11.1. The molecule has 1 fully saturated rings. The first-order valence-electron chi connectivity index (χ1n) is 6.64. The van der Waals surface area contributed by atoms with Crippen LogP contribution in [-0.4, -0.2) is 39.0 Å². The van der Waals surface area contributed by atoms with E-state index in [-0.39, 0.29) is 6.10 Å². The van der Waals surface area contributed by atoms with Gasteiger partial charge in [-0.2, -0.15) is 5.10 Å². The van der Waals surface area contributed by atoms with Crippen LogP contribution in [0.2, 0.25) is 0 Å². The first kappa shape index (κ1) is 12.4. The molecule has 3 heterocycles. The summed E-state index contributed by atoms with van der Waals surface area (Å²) in [4.78, 5) is 4.25. The second kappa shape index (κ2) is 5.54. The molecule has 0 saturated carbocycles. The molecule has 0 spiro atoms. The summed E-state index contributed by atoms with van der Waals surface area (Å²) >= 11 is 0. The van der Waals surface area contributed by atoms with E-state index in [1.165, 1.54) is 5.69 Å². The molecule has 1 unspecified atom stereocenters. The summed E-state index contributed by atoms with van der Waals surface area (Å²) in [5.74, 6) is 0.